The molecule has 0 spiro atoms. The van der Waals surface area contributed by atoms with Gasteiger partial charge in [-0.15, -0.1) is 0 Å². The van der Waals surface area contributed by atoms with Crippen LogP contribution in [0.25, 0.3) is 0 Å². The van der Waals surface area contributed by atoms with E-state index in [2.05, 4.69) is 9.42 Å². The topological polar surface area (TPSA) is 0 Å². The Labute approximate surface area is 58.7 Å². The van der Waals surface area contributed by atoms with Crippen LogP contribution < -0.4 is 0 Å². The van der Waals surface area contributed by atoms with Crippen molar-refractivity contribution in [3.8, 4) is 0 Å². The molecule has 0 saturated heterocycles. The summed E-state index contributed by atoms with van der Waals surface area (Å²) in [6.07, 6.45) is 0. The Kier molecular flexibility index (Phi) is 6.63. The van der Waals surface area contributed by atoms with Gasteiger partial charge >= 0.3 is 28.2 Å². The molecule has 0 aliphatic carbocycles. The zero-order chi connectivity index (χ0) is 5.54. The first kappa shape index (κ1) is 7.33. The monoisotopic (exact) mass is 295 g/mol. The third kappa shape index (κ3) is 4.18. The standard InChI is InChI=1S/C5H5.ClH.Pt/c1-2-4-5-3-1;;/h1-5H;1H;/q-1;;+2/p-1. The SMILES string of the molecule is [Cl][Pt+].c1cc[cH-]c1. The van der Waals surface area contributed by atoms with Crippen molar-refractivity contribution in [2.45, 2.75) is 0 Å². The first-order chi connectivity index (χ1) is 3.50. The predicted molar refractivity (Wildman–Crippen MR) is 27.9 cm³/mol. The second kappa shape index (κ2) is 6.33. The van der Waals surface area contributed by atoms with Gasteiger partial charge in [-0.25, -0.2) is 12.1 Å². The average Bonchev–Trinajstić information content (AvgIpc) is 2.23. The quantitative estimate of drug-likeness (QED) is 0.643. The fourth-order valence-electron chi connectivity index (χ4n) is 0.321. The number of hydrogen-bond acceptors (Lipinski definition) is 0. The van der Waals surface area contributed by atoms with Gasteiger partial charge in [-0.2, -0.15) is 18.2 Å². The molecule has 0 atom stereocenters. The second-order valence-corrected chi connectivity index (χ2v) is 0.962. The molecular weight excluding hydrogens is 291 g/mol. The Morgan fingerprint density at radius 3 is 1.71 bits per heavy atom. The van der Waals surface area contributed by atoms with Crippen LogP contribution in [-0.4, -0.2) is 0 Å². The minimum Gasteiger partial charge on any atom is -0.214 e. The molecule has 42 valence electrons. The van der Waals surface area contributed by atoms with Crippen LogP contribution in [-0.2, 0) is 18.8 Å². The average molecular weight is 296 g/mol. The van der Waals surface area contributed by atoms with E-state index in [1.165, 1.54) is 0 Å². The van der Waals surface area contributed by atoms with E-state index in [1.54, 1.807) is 18.8 Å². The van der Waals surface area contributed by atoms with Gasteiger partial charge in [-0.05, 0) is 0 Å². The summed E-state index contributed by atoms with van der Waals surface area (Å²) in [4.78, 5) is 0. The molecule has 0 nitrogen and oxygen atoms in total. The number of hydrogen-bond donors (Lipinski definition) is 0. The van der Waals surface area contributed by atoms with Crippen LogP contribution in [0.4, 0.5) is 0 Å². The molecule has 1 aromatic carbocycles. The molecule has 0 fully saturated rings. The maximum absolute atomic E-state index is 4.61. The largest absolute Gasteiger partial charge is 0.214 e. The molecule has 0 aliphatic rings. The first-order valence-corrected chi connectivity index (χ1v) is 4.60. The fraction of sp³-hybridized carbons (Fsp3) is 0. The van der Waals surface area contributed by atoms with Crippen molar-refractivity contribution in [3.05, 3.63) is 30.3 Å². The summed E-state index contributed by atoms with van der Waals surface area (Å²) < 4.78 is 0. The third-order valence-electron chi connectivity index (χ3n) is 0.556. The first-order valence-electron chi connectivity index (χ1n) is 1.79. The van der Waals surface area contributed by atoms with E-state index < -0.39 is 0 Å². The van der Waals surface area contributed by atoms with Gasteiger partial charge < -0.3 is 0 Å². The summed E-state index contributed by atoms with van der Waals surface area (Å²) in [5.74, 6) is 0. The van der Waals surface area contributed by atoms with Crippen molar-refractivity contribution in [3.63, 3.8) is 0 Å². The summed E-state index contributed by atoms with van der Waals surface area (Å²) >= 11 is 1.61. The molecule has 0 aromatic heterocycles. The Balaban J connectivity index is 0.000000162. The number of rotatable bonds is 0. The fourth-order valence-corrected chi connectivity index (χ4v) is 0.321. The van der Waals surface area contributed by atoms with E-state index in [0.717, 1.165) is 0 Å². The van der Waals surface area contributed by atoms with Gasteiger partial charge in [0.25, 0.3) is 0 Å². The van der Waals surface area contributed by atoms with Gasteiger partial charge in [0.2, 0.25) is 0 Å². The van der Waals surface area contributed by atoms with Crippen molar-refractivity contribution in [2.24, 2.45) is 0 Å². The number of halogens is 1. The zero-order valence-corrected chi connectivity index (χ0v) is 6.61. The summed E-state index contributed by atoms with van der Waals surface area (Å²) in [6.45, 7) is 0. The van der Waals surface area contributed by atoms with Crippen molar-refractivity contribution in [1.29, 1.82) is 0 Å². The van der Waals surface area contributed by atoms with Gasteiger partial charge in [0.05, 0.1) is 0 Å². The van der Waals surface area contributed by atoms with Gasteiger partial charge in [0, 0.05) is 0 Å². The summed E-state index contributed by atoms with van der Waals surface area (Å²) in [5, 5.41) is 0. The molecule has 7 heavy (non-hydrogen) atoms. The molecule has 1 aromatic rings. The summed E-state index contributed by atoms with van der Waals surface area (Å²) in [7, 11) is 4.61. The molecular formula is C5H5ClPt. The van der Waals surface area contributed by atoms with Gasteiger partial charge in [0.1, 0.15) is 0 Å². The van der Waals surface area contributed by atoms with E-state index in [4.69, 9.17) is 0 Å². The molecule has 0 bridgehead atoms. The zero-order valence-electron chi connectivity index (χ0n) is 3.58. The Bertz CT molecular complexity index is 64.6. The van der Waals surface area contributed by atoms with Gasteiger partial charge in [-0.3, -0.25) is 0 Å². The molecule has 1 rings (SSSR count). The van der Waals surface area contributed by atoms with Crippen molar-refractivity contribution < 1.29 is 18.8 Å². The molecule has 0 unspecified atom stereocenters. The summed E-state index contributed by atoms with van der Waals surface area (Å²) in [6, 6.07) is 10.0. The molecule has 0 saturated carbocycles. The van der Waals surface area contributed by atoms with Crippen molar-refractivity contribution in [1.82, 2.24) is 0 Å². The molecule has 0 N–H and O–H groups in total. The van der Waals surface area contributed by atoms with E-state index in [1.807, 2.05) is 30.3 Å². The third-order valence-corrected chi connectivity index (χ3v) is 0.556. The van der Waals surface area contributed by atoms with Crippen LogP contribution in [0.1, 0.15) is 0 Å². The van der Waals surface area contributed by atoms with E-state index in [9.17, 15) is 0 Å². The van der Waals surface area contributed by atoms with Crippen LogP contribution in [0.3, 0.4) is 0 Å². The molecule has 0 radical (unpaired) electrons. The van der Waals surface area contributed by atoms with Gasteiger partial charge in [0.15, 0.2) is 0 Å². The summed E-state index contributed by atoms with van der Waals surface area (Å²) in [5.41, 5.74) is 0. The van der Waals surface area contributed by atoms with E-state index >= 15 is 0 Å². The van der Waals surface area contributed by atoms with Crippen molar-refractivity contribution in [2.75, 3.05) is 0 Å². The molecule has 0 aliphatic heterocycles. The second-order valence-electron chi connectivity index (χ2n) is 0.962. The Hall–Kier alpha value is 0.328. The minimum absolute atomic E-state index is 1.61. The van der Waals surface area contributed by atoms with Crippen LogP contribution in [0.2, 0.25) is 0 Å². The smallest absolute Gasteiger partial charge is 0.172 e. The Morgan fingerprint density at radius 2 is 1.57 bits per heavy atom. The maximum Gasteiger partial charge on any atom is -0.172 e. The van der Waals surface area contributed by atoms with E-state index in [-0.39, 0.29) is 0 Å². The molecule has 0 heterocycles. The predicted octanol–water partition coefficient (Wildman–Crippen LogP) is 2.09. The van der Waals surface area contributed by atoms with Crippen LogP contribution in [0, 0.1) is 0 Å². The van der Waals surface area contributed by atoms with Crippen molar-refractivity contribution >= 4 is 9.42 Å². The van der Waals surface area contributed by atoms with Crippen LogP contribution >= 0.6 is 9.42 Å². The minimum atomic E-state index is 1.61. The molecule has 0 amide bonds. The Morgan fingerprint density at radius 1 is 1.14 bits per heavy atom. The van der Waals surface area contributed by atoms with E-state index in [0.29, 0.717) is 0 Å². The normalized spacial score (nSPS) is 6.71. The van der Waals surface area contributed by atoms with Gasteiger partial charge in [-0.1, -0.05) is 0 Å². The maximum atomic E-state index is 4.61. The van der Waals surface area contributed by atoms with Crippen LogP contribution in [0.15, 0.2) is 30.3 Å². The van der Waals surface area contributed by atoms with Crippen LogP contribution in [0.5, 0.6) is 0 Å². The molecule has 2 heteroatoms.